The molecule has 0 radical (unpaired) electrons. The molecule has 0 aliphatic rings. The molecule has 400 valence electrons. The second kappa shape index (κ2) is 57.7. The first kappa shape index (κ1) is 66.1. The van der Waals surface area contributed by atoms with E-state index in [0.29, 0.717) is 19.3 Å². The minimum atomic E-state index is -0.781. The van der Waals surface area contributed by atoms with E-state index in [0.717, 1.165) is 89.9 Å². The predicted molar refractivity (Wildman–Crippen MR) is 298 cm³/mol. The molecule has 6 nitrogen and oxygen atoms in total. The van der Waals surface area contributed by atoms with Crippen molar-refractivity contribution in [2.75, 3.05) is 13.2 Å². The Labute approximate surface area is 428 Å². The third kappa shape index (κ3) is 55.9. The van der Waals surface area contributed by atoms with Gasteiger partial charge in [-0.1, -0.05) is 261 Å². The molecule has 1 atom stereocenters. The first-order valence-corrected chi connectivity index (χ1v) is 29.8. The van der Waals surface area contributed by atoms with Crippen molar-refractivity contribution in [1.29, 1.82) is 0 Å². The first-order chi connectivity index (χ1) is 34.0. The van der Waals surface area contributed by atoms with E-state index in [4.69, 9.17) is 14.2 Å². The molecule has 0 fully saturated rings. The molecule has 0 saturated carbocycles. The molecule has 0 amide bonds. The number of hydrogen-bond acceptors (Lipinski definition) is 6. The van der Waals surface area contributed by atoms with Gasteiger partial charge in [-0.25, -0.2) is 0 Å². The highest BCUT2D eigenvalue weighted by molar-refractivity contribution is 5.71. The molecular weight excluding hydrogens is 853 g/mol. The van der Waals surface area contributed by atoms with Crippen molar-refractivity contribution < 1.29 is 28.6 Å². The summed E-state index contributed by atoms with van der Waals surface area (Å²) in [5.74, 6) is -0.882. The maximum Gasteiger partial charge on any atom is 0.306 e. The Balaban J connectivity index is 4.39. The number of carbonyl (C=O) groups is 3. The molecule has 6 heteroatoms. The summed E-state index contributed by atoms with van der Waals surface area (Å²) in [7, 11) is 0. The summed E-state index contributed by atoms with van der Waals surface area (Å²) >= 11 is 0. The van der Waals surface area contributed by atoms with Gasteiger partial charge in [-0.05, 0) is 83.5 Å². The van der Waals surface area contributed by atoms with Crippen LogP contribution in [0.25, 0.3) is 0 Å². The lowest BCUT2D eigenvalue weighted by molar-refractivity contribution is -0.167. The number of allylic oxidation sites excluding steroid dienone is 10. The van der Waals surface area contributed by atoms with E-state index in [1.807, 2.05) is 0 Å². The maximum atomic E-state index is 12.9. The van der Waals surface area contributed by atoms with Gasteiger partial charge in [-0.3, -0.25) is 14.4 Å². The van der Waals surface area contributed by atoms with E-state index in [1.54, 1.807) is 0 Å². The molecular formula is C63H112O6. The normalized spacial score (nSPS) is 12.4. The van der Waals surface area contributed by atoms with Crippen LogP contribution in [0.4, 0.5) is 0 Å². The van der Waals surface area contributed by atoms with E-state index in [-0.39, 0.29) is 31.1 Å². The molecule has 0 aliphatic heterocycles. The summed E-state index contributed by atoms with van der Waals surface area (Å²) in [6.45, 7) is 6.54. The molecule has 0 heterocycles. The van der Waals surface area contributed by atoms with Gasteiger partial charge in [-0.15, -0.1) is 0 Å². The Morgan fingerprint density at radius 1 is 0.304 bits per heavy atom. The first-order valence-electron chi connectivity index (χ1n) is 29.8. The van der Waals surface area contributed by atoms with Crippen LogP contribution in [-0.4, -0.2) is 37.2 Å². The molecule has 69 heavy (non-hydrogen) atoms. The third-order valence-electron chi connectivity index (χ3n) is 13.0. The van der Waals surface area contributed by atoms with Crippen molar-refractivity contribution in [2.24, 2.45) is 0 Å². The fraction of sp³-hybridized carbons (Fsp3) is 0.794. The summed E-state index contributed by atoms with van der Waals surface area (Å²) in [4.78, 5) is 38.2. The Morgan fingerprint density at radius 2 is 0.565 bits per heavy atom. The van der Waals surface area contributed by atoms with Gasteiger partial charge >= 0.3 is 17.9 Å². The number of esters is 3. The second-order valence-corrected chi connectivity index (χ2v) is 19.9. The number of hydrogen-bond donors (Lipinski definition) is 0. The van der Waals surface area contributed by atoms with Gasteiger partial charge in [0.25, 0.3) is 0 Å². The van der Waals surface area contributed by atoms with Gasteiger partial charge in [0.05, 0.1) is 0 Å². The van der Waals surface area contributed by atoms with Crippen molar-refractivity contribution in [2.45, 2.75) is 309 Å². The minimum Gasteiger partial charge on any atom is -0.462 e. The average Bonchev–Trinajstić information content (AvgIpc) is 3.35. The smallest absolute Gasteiger partial charge is 0.306 e. The summed E-state index contributed by atoms with van der Waals surface area (Å²) in [6.07, 6.45) is 72.1. The zero-order valence-electron chi connectivity index (χ0n) is 45.8. The minimum absolute atomic E-state index is 0.0776. The Hall–Kier alpha value is -2.89. The average molecular weight is 966 g/mol. The van der Waals surface area contributed by atoms with Crippen LogP contribution in [0, 0.1) is 0 Å². The standard InChI is InChI=1S/C63H112O6/c1-4-7-10-13-16-19-22-25-28-30-31-33-35-38-41-44-47-50-53-56-62(65)68-59-60(58-67-61(64)55-52-49-46-43-40-37-34-27-24-21-18-15-12-9-6-3)69-63(66)57-54-51-48-45-42-39-36-32-29-26-23-20-17-14-11-8-5-2/h7,10,16,19,25-26,28-29,31,33,60H,4-6,8-9,11-15,17-18,20-24,27,30,32,34-59H2,1-3H3/b10-7-,19-16-,28-25-,29-26-,33-31-. The van der Waals surface area contributed by atoms with Crippen LogP contribution in [-0.2, 0) is 28.6 Å². The van der Waals surface area contributed by atoms with Crippen molar-refractivity contribution in [3.63, 3.8) is 0 Å². The molecule has 0 N–H and O–H groups in total. The fourth-order valence-corrected chi connectivity index (χ4v) is 8.55. The van der Waals surface area contributed by atoms with Gasteiger partial charge in [0.2, 0.25) is 0 Å². The summed E-state index contributed by atoms with van der Waals surface area (Å²) in [5, 5.41) is 0. The molecule has 1 unspecified atom stereocenters. The largest absolute Gasteiger partial charge is 0.462 e. The van der Waals surface area contributed by atoms with Crippen molar-refractivity contribution >= 4 is 17.9 Å². The molecule has 0 aromatic rings. The fourth-order valence-electron chi connectivity index (χ4n) is 8.55. The topological polar surface area (TPSA) is 78.9 Å². The Bertz CT molecular complexity index is 1250. The lowest BCUT2D eigenvalue weighted by Crippen LogP contribution is -2.30. The summed E-state index contributed by atoms with van der Waals surface area (Å²) in [5.41, 5.74) is 0. The quantitative estimate of drug-likeness (QED) is 0.0262. The van der Waals surface area contributed by atoms with Crippen LogP contribution in [0.1, 0.15) is 303 Å². The van der Waals surface area contributed by atoms with Gasteiger partial charge in [-0.2, -0.15) is 0 Å². The molecule has 0 rings (SSSR count). The highest BCUT2D eigenvalue weighted by atomic mass is 16.6. The van der Waals surface area contributed by atoms with Gasteiger partial charge < -0.3 is 14.2 Å². The van der Waals surface area contributed by atoms with E-state index in [2.05, 4.69) is 81.5 Å². The van der Waals surface area contributed by atoms with Gasteiger partial charge in [0.15, 0.2) is 6.10 Å². The monoisotopic (exact) mass is 965 g/mol. The predicted octanol–water partition coefficient (Wildman–Crippen LogP) is 20.0. The molecule has 0 spiro atoms. The zero-order chi connectivity index (χ0) is 50.0. The lowest BCUT2D eigenvalue weighted by atomic mass is 10.0. The highest BCUT2D eigenvalue weighted by Gasteiger charge is 2.19. The van der Waals surface area contributed by atoms with Crippen LogP contribution in [0.3, 0.4) is 0 Å². The van der Waals surface area contributed by atoms with Gasteiger partial charge in [0, 0.05) is 19.3 Å². The lowest BCUT2D eigenvalue weighted by Gasteiger charge is -2.18. The Morgan fingerprint density at radius 3 is 0.899 bits per heavy atom. The van der Waals surface area contributed by atoms with Crippen molar-refractivity contribution in [3.8, 4) is 0 Å². The SMILES string of the molecule is CC/C=C\C/C=C\C/C=C\C/C=C\CCCCCCCCC(=O)OCC(COC(=O)CCCCCCCCCCCCCCCCC)OC(=O)CCCCCCCCC/C=C\CCCCCCCC. The van der Waals surface area contributed by atoms with Crippen molar-refractivity contribution in [3.05, 3.63) is 60.8 Å². The number of ether oxygens (including phenoxy) is 3. The van der Waals surface area contributed by atoms with Crippen LogP contribution in [0.2, 0.25) is 0 Å². The third-order valence-corrected chi connectivity index (χ3v) is 13.0. The molecule has 0 aromatic heterocycles. The van der Waals surface area contributed by atoms with Crippen LogP contribution < -0.4 is 0 Å². The molecule has 0 bridgehead atoms. The Kier molecular flexibility index (Phi) is 55.3. The molecule has 0 aliphatic carbocycles. The second-order valence-electron chi connectivity index (χ2n) is 19.9. The van der Waals surface area contributed by atoms with Crippen LogP contribution in [0.15, 0.2) is 60.8 Å². The maximum absolute atomic E-state index is 12.9. The van der Waals surface area contributed by atoms with E-state index in [9.17, 15) is 14.4 Å². The van der Waals surface area contributed by atoms with Crippen molar-refractivity contribution in [1.82, 2.24) is 0 Å². The van der Waals surface area contributed by atoms with E-state index < -0.39 is 6.10 Å². The molecule has 0 aromatic carbocycles. The number of unbranched alkanes of at least 4 members (excludes halogenated alkanes) is 33. The van der Waals surface area contributed by atoms with Gasteiger partial charge in [0.1, 0.15) is 13.2 Å². The summed E-state index contributed by atoms with van der Waals surface area (Å²) in [6, 6.07) is 0. The molecule has 0 saturated heterocycles. The van der Waals surface area contributed by atoms with E-state index >= 15 is 0 Å². The van der Waals surface area contributed by atoms with E-state index in [1.165, 1.54) is 173 Å². The number of rotatable bonds is 54. The van der Waals surface area contributed by atoms with Crippen LogP contribution >= 0.6 is 0 Å². The highest BCUT2D eigenvalue weighted by Crippen LogP contribution is 2.16. The zero-order valence-corrected chi connectivity index (χ0v) is 45.8. The van der Waals surface area contributed by atoms with Crippen LogP contribution in [0.5, 0.6) is 0 Å². The summed E-state index contributed by atoms with van der Waals surface area (Å²) < 4.78 is 16.9. The number of carbonyl (C=O) groups excluding carboxylic acids is 3.